The van der Waals surface area contributed by atoms with Crippen molar-refractivity contribution < 1.29 is 41.0 Å². The molecule has 1 saturated heterocycles. The number of aliphatic carboxylic acids is 1. The topological polar surface area (TPSA) is 69.6 Å². The molecule has 1 aliphatic heterocycles. The quantitative estimate of drug-likeness (QED) is 0.666. The van der Waals surface area contributed by atoms with Gasteiger partial charge >= 0.3 is 18.3 Å². The van der Waals surface area contributed by atoms with E-state index in [1.54, 1.807) is 0 Å². The molecule has 1 amide bonds. The number of halogens is 6. The third kappa shape index (κ3) is 7.78. The van der Waals surface area contributed by atoms with E-state index < -0.39 is 23.9 Å². The van der Waals surface area contributed by atoms with Crippen molar-refractivity contribution in [2.45, 2.75) is 31.2 Å². The molecule has 2 aromatic rings. The van der Waals surface area contributed by atoms with Gasteiger partial charge in [0.25, 0.3) is 0 Å². The SMILES string of the molecule is O=C(Cc1ccccc1)N[C@@H]1CCN(c2ccc(C(F)(F)F)cc2)C1.O=C(O)C(F)(F)F. The van der Waals surface area contributed by atoms with Crippen LogP contribution in [0.2, 0.25) is 0 Å². The Kier molecular flexibility index (Phi) is 8.12. The number of benzene rings is 2. The molecule has 11 heteroatoms. The minimum atomic E-state index is -5.08. The van der Waals surface area contributed by atoms with E-state index in [0.29, 0.717) is 19.5 Å². The molecule has 2 N–H and O–H groups in total. The van der Waals surface area contributed by atoms with Crippen LogP contribution >= 0.6 is 0 Å². The highest BCUT2D eigenvalue weighted by Crippen LogP contribution is 2.31. The fourth-order valence-electron chi connectivity index (χ4n) is 3.03. The Labute approximate surface area is 179 Å². The fourth-order valence-corrected chi connectivity index (χ4v) is 3.03. The van der Waals surface area contributed by atoms with E-state index in [1.807, 2.05) is 35.2 Å². The van der Waals surface area contributed by atoms with Gasteiger partial charge in [-0.2, -0.15) is 26.3 Å². The summed E-state index contributed by atoms with van der Waals surface area (Å²) in [6, 6.07) is 14.7. The van der Waals surface area contributed by atoms with Gasteiger partial charge in [-0.1, -0.05) is 30.3 Å². The molecule has 1 aliphatic rings. The lowest BCUT2D eigenvalue weighted by Crippen LogP contribution is -2.37. The first-order valence-corrected chi connectivity index (χ1v) is 9.42. The molecule has 0 unspecified atom stereocenters. The van der Waals surface area contributed by atoms with Crippen molar-refractivity contribution in [2.24, 2.45) is 0 Å². The van der Waals surface area contributed by atoms with E-state index in [9.17, 15) is 31.1 Å². The van der Waals surface area contributed by atoms with Crippen LogP contribution in [0.1, 0.15) is 17.5 Å². The lowest BCUT2D eigenvalue weighted by Gasteiger charge is -2.20. The Morgan fingerprint density at radius 3 is 2.03 bits per heavy atom. The van der Waals surface area contributed by atoms with E-state index in [0.717, 1.165) is 29.8 Å². The van der Waals surface area contributed by atoms with E-state index in [-0.39, 0.29) is 11.9 Å². The number of nitrogens with one attached hydrogen (secondary N) is 1. The molecule has 1 atom stereocenters. The van der Waals surface area contributed by atoms with Gasteiger partial charge in [0.1, 0.15) is 0 Å². The lowest BCUT2D eigenvalue weighted by molar-refractivity contribution is -0.192. The minimum Gasteiger partial charge on any atom is -0.475 e. The van der Waals surface area contributed by atoms with Crippen LogP contribution in [0.15, 0.2) is 54.6 Å². The van der Waals surface area contributed by atoms with Crippen molar-refractivity contribution in [3.05, 3.63) is 65.7 Å². The summed E-state index contributed by atoms with van der Waals surface area (Å²) in [6.45, 7) is 1.31. The second-order valence-electron chi connectivity index (χ2n) is 7.01. The average Bonchev–Trinajstić information content (AvgIpc) is 3.16. The zero-order valence-corrected chi connectivity index (χ0v) is 16.6. The second kappa shape index (κ2) is 10.4. The number of amides is 1. The smallest absolute Gasteiger partial charge is 0.475 e. The van der Waals surface area contributed by atoms with Crippen LogP contribution in [0.25, 0.3) is 0 Å². The summed E-state index contributed by atoms with van der Waals surface area (Å²) in [5, 5.41) is 10.1. The van der Waals surface area contributed by atoms with Gasteiger partial charge in [-0.3, -0.25) is 4.79 Å². The maximum Gasteiger partial charge on any atom is 0.490 e. The van der Waals surface area contributed by atoms with Gasteiger partial charge in [-0.05, 0) is 36.2 Å². The highest BCUT2D eigenvalue weighted by molar-refractivity contribution is 5.79. The Morgan fingerprint density at radius 1 is 0.969 bits per heavy atom. The number of anilines is 1. The summed E-state index contributed by atoms with van der Waals surface area (Å²) >= 11 is 0. The average molecular weight is 462 g/mol. The standard InChI is InChI=1S/C19H19F3N2O.C2HF3O2/c20-19(21,22)15-6-8-17(9-7-15)24-11-10-16(13-24)23-18(25)12-14-4-2-1-3-5-14;3-2(4,5)1(6)7/h1-9,16H,10-13H2,(H,23,25);(H,6,7)/t16-;/m1./s1. The highest BCUT2D eigenvalue weighted by Gasteiger charge is 2.38. The summed E-state index contributed by atoms with van der Waals surface area (Å²) in [5.41, 5.74) is 1.05. The molecule has 0 spiro atoms. The van der Waals surface area contributed by atoms with Gasteiger partial charge < -0.3 is 15.3 Å². The number of carboxylic acids is 1. The molecule has 0 radical (unpaired) electrons. The van der Waals surface area contributed by atoms with Gasteiger partial charge in [0.2, 0.25) is 5.91 Å². The predicted octanol–water partition coefficient (Wildman–Crippen LogP) is 4.28. The predicted molar refractivity (Wildman–Crippen MR) is 104 cm³/mol. The number of carbonyl (C=O) groups excluding carboxylic acids is 1. The number of nitrogens with zero attached hydrogens (tertiary/aromatic N) is 1. The van der Waals surface area contributed by atoms with Crippen molar-refractivity contribution in [1.29, 1.82) is 0 Å². The van der Waals surface area contributed by atoms with Crippen LogP contribution in [-0.2, 0) is 22.2 Å². The summed E-state index contributed by atoms with van der Waals surface area (Å²) in [7, 11) is 0. The molecule has 0 saturated carbocycles. The van der Waals surface area contributed by atoms with E-state index in [1.165, 1.54) is 12.1 Å². The van der Waals surface area contributed by atoms with Crippen LogP contribution in [-0.4, -0.2) is 42.3 Å². The molecule has 0 aliphatic carbocycles. The largest absolute Gasteiger partial charge is 0.490 e. The highest BCUT2D eigenvalue weighted by atomic mass is 19.4. The summed E-state index contributed by atoms with van der Waals surface area (Å²) < 4.78 is 69.6. The molecular weight excluding hydrogens is 442 g/mol. The maximum absolute atomic E-state index is 12.6. The van der Waals surface area contributed by atoms with Crippen LogP contribution in [0.3, 0.4) is 0 Å². The first-order valence-electron chi connectivity index (χ1n) is 9.42. The summed E-state index contributed by atoms with van der Waals surface area (Å²) in [6.07, 6.45) is -8.29. The Hall–Kier alpha value is -3.24. The number of carbonyl (C=O) groups is 2. The number of carboxylic acid groups (broad SMARTS) is 1. The molecule has 5 nitrogen and oxygen atoms in total. The Morgan fingerprint density at radius 2 is 1.53 bits per heavy atom. The molecule has 1 fully saturated rings. The number of alkyl halides is 6. The zero-order valence-electron chi connectivity index (χ0n) is 16.6. The monoisotopic (exact) mass is 462 g/mol. The van der Waals surface area contributed by atoms with Crippen LogP contribution < -0.4 is 10.2 Å². The van der Waals surface area contributed by atoms with Crippen LogP contribution in [0.4, 0.5) is 32.0 Å². The van der Waals surface area contributed by atoms with Gasteiger partial charge in [-0.25, -0.2) is 4.79 Å². The van der Waals surface area contributed by atoms with Gasteiger partial charge in [0.15, 0.2) is 0 Å². The van der Waals surface area contributed by atoms with E-state index in [4.69, 9.17) is 9.90 Å². The van der Waals surface area contributed by atoms with E-state index >= 15 is 0 Å². The Balaban J connectivity index is 0.000000451. The lowest BCUT2D eigenvalue weighted by atomic mass is 10.1. The molecule has 174 valence electrons. The van der Waals surface area contributed by atoms with Crippen molar-refractivity contribution in [2.75, 3.05) is 18.0 Å². The fraction of sp³-hybridized carbons (Fsp3) is 0.333. The summed E-state index contributed by atoms with van der Waals surface area (Å²) in [4.78, 5) is 23.0. The molecule has 3 rings (SSSR count). The number of rotatable bonds is 4. The number of hydrogen-bond donors (Lipinski definition) is 2. The van der Waals surface area contributed by atoms with Crippen LogP contribution in [0.5, 0.6) is 0 Å². The van der Waals surface area contributed by atoms with Crippen LogP contribution in [0, 0.1) is 0 Å². The zero-order chi connectivity index (χ0) is 23.9. The van der Waals surface area contributed by atoms with Gasteiger partial charge in [0, 0.05) is 24.8 Å². The Bertz CT molecular complexity index is 898. The first-order chi connectivity index (χ1) is 14.9. The molecule has 0 bridgehead atoms. The second-order valence-corrected chi connectivity index (χ2v) is 7.01. The summed E-state index contributed by atoms with van der Waals surface area (Å²) in [5.74, 6) is -2.79. The molecule has 32 heavy (non-hydrogen) atoms. The first kappa shape index (κ1) is 25.0. The third-order valence-electron chi connectivity index (χ3n) is 4.56. The molecule has 2 aromatic carbocycles. The number of hydrogen-bond acceptors (Lipinski definition) is 3. The minimum absolute atomic E-state index is 0.0125. The maximum atomic E-state index is 12.6. The van der Waals surface area contributed by atoms with Gasteiger partial charge in [0.05, 0.1) is 12.0 Å². The molecule has 0 aromatic heterocycles. The van der Waals surface area contributed by atoms with Crippen molar-refractivity contribution in [3.8, 4) is 0 Å². The van der Waals surface area contributed by atoms with Crippen molar-refractivity contribution in [1.82, 2.24) is 5.32 Å². The molecule has 1 heterocycles. The van der Waals surface area contributed by atoms with Gasteiger partial charge in [-0.15, -0.1) is 0 Å². The molecular formula is C21H20F6N2O3. The third-order valence-corrected chi connectivity index (χ3v) is 4.56. The normalized spacial score (nSPS) is 16.2. The van der Waals surface area contributed by atoms with Crippen molar-refractivity contribution >= 4 is 17.6 Å². The van der Waals surface area contributed by atoms with Crippen molar-refractivity contribution in [3.63, 3.8) is 0 Å². The van der Waals surface area contributed by atoms with E-state index in [2.05, 4.69) is 5.32 Å².